The molecule has 0 radical (unpaired) electrons. The molecule has 0 aromatic heterocycles. The zero-order valence-electron chi connectivity index (χ0n) is 10.7. The Kier molecular flexibility index (Phi) is 4.33. The van der Waals surface area contributed by atoms with Crippen molar-refractivity contribution >= 4 is 5.91 Å². The van der Waals surface area contributed by atoms with Crippen LogP contribution in [-0.4, -0.2) is 35.5 Å². The molecule has 0 unspecified atom stereocenters. The lowest BCUT2D eigenvalue weighted by atomic mass is 10.1. The normalized spacial score (nSPS) is 14.6. The van der Waals surface area contributed by atoms with E-state index < -0.39 is 0 Å². The van der Waals surface area contributed by atoms with Crippen LogP contribution >= 0.6 is 0 Å². The fourth-order valence-electron chi connectivity index (χ4n) is 1.94. The molecule has 1 aliphatic carbocycles. The second kappa shape index (κ2) is 5.98. The predicted octanol–water partition coefficient (Wildman–Crippen LogP) is 0.889. The van der Waals surface area contributed by atoms with Gasteiger partial charge in [-0.25, -0.2) is 0 Å². The summed E-state index contributed by atoms with van der Waals surface area (Å²) in [5.41, 5.74) is 1.99. The lowest BCUT2D eigenvalue weighted by Gasteiger charge is -2.16. The van der Waals surface area contributed by atoms with E-state index in [0.29, 0.717) is 19.1 Å². The van der Waals surface area contributed by atoms with E-state index in [1.807, 2.05) is 36.2 Å². The highest BCUT2D eigenvalue weighted by Crippen LogP contribution is 2.25. The Hall–Kier alpha value is -1.39. The highest BCUT2D eigenvalue weighted by atomic mass is 16.3. The Morgan fingerprint density at radius 2 is 2.17 bits per heavy atom. The first-order valence-electron chi connectivity index (χ1n) is 6.36. The molecule has 2 rings (SSSR count). The second-order valence-electron chi connectivity index (χ2n) is 4.82. The van der Waals surface area contributed by atoms with Crippen molar-refractivity contribution in [3.05, 3.63) is 35.4 Å². The third-order valence-electron chi connectivity index (χ3n) is 3.27. The average Bonchev–Trinajstić information content (AvgIpc) is 3.22. The number of carbonyl (C=O) groups is 1. The van der Waals surface area contributed by atoms with E-state index in [9.17, 15) is 4.79 Å². The van der Waals surface area contributed by atoms with E-state index in [0.717, 1.165) is 24.0 Å². The number of hydrogen-bond donors (Lipinski definition) is 2. The van der Waals surface area contributed by atoms with Crippen molar-refractivity contribution < 1.29 is 9.90 Å². The van der Waals surface area contributed by atoms with E-state index in [1.54, 1.807) is 0 Å². The number of carbonyl (C=O) groups excluding carboxylic acids is 1. The van der Waals surface area contributed by atoms with Crippen LogP contribution in [-0.2, 0) is 17.9 Å². The molecule has 0 heterocycles. The first-order valence-corrected chi connectivity index (χ1v) is 6.36. The fraction of sp³-hybridized carbons (Fsp3) is 0.500. The van der Waals surface area contributed by atoms with E-state index in [2.05, 4.69) is 5.32 Å². The Bertz CT molecular complexity index is 416. The molecule has 0 spiro atoms. The van der Waals surface area contributed by atoms with Crippen molar-refractivity contribution in [1.29, 1.82) is 0 Å². The Labute approximate surface area is 108 Å². The van der Waals surface area contributed by atoms with Gasteiger partial charge in [0.25, 0.3) is 0 Å². The van der Waals surface area contributed by atoms with Crippen LogP contribution in [0.4, 0.5) is 0 Å². The molecule has 1 aliphatic rings. The minimum atomic E-state index is 0.0528. The van der Waals surface area contributed by atoms with Gasteiger partial charge in [-0.1, -0.05) is 24.3 Å². The van der Waals surface area contributed by atoms with Crippen LogP contribution < -0.4 is 5.32 Å². The van der Waals surface area contributed by atoms with Gasteiger partial charge in [-0.2, -0.15) is 0 Å². The van der Waals surface area contributed by atoms with Gasteiger partial charge in [0.15, 0.2) is 0 Å². The first-order chi connectivity index (χ1) is 8.70. The largest absolute Gasteiger partial charge is 0.392 e. The monoisotopic (exact) mass is 248 g/mol. The van der Waals surface area contributed by atoms with Crippen LogP contribution in [0.5, 0.6) is 0 Å². The molecule has 1 aromatic rings. The fourth-order valence-corrected chi connectivity index (χ4v) is 1.94. The van der Waals surface area contributed by atoms with Crippen LogP contribution in [0, 0.1) is 0 Å². The number of nitrogens with one attached hydrogen (secondary N) is 1. The van der Waals surface area contributed by atoms with Crippen molar-refractivity contribution in [2.45, 2.75) is 32.0 Å². The number of nitrogens with zero attached hydrogens (tertiary/aromatic N) is 1. The summed E-state index contributed by atoms with van der Waals surface area (Å²) in [5.74, 6) is 0.149. The Balaban J connectivity index is 1.75. The molecule has 4 heteroatoms. The summed E-state index contributed by atoms with van der Waals surface area (Å²) in [6.07, 6.45) is 2.28. The summed E-state index contributed by atoms with van der Waals surface area (Å²) in [6.45, 7) is 1.08. The van der Waals surface area contributed by atoms with Crippen LogP contribution in [0.1, 0.15) is 24.0 Å². The van der Waals surface area contributed by atoms with Gasteiger partial charge in [-0.3, -0.25) is 4.79 Å². The summed E-state index contributed by atoms with van der Waals surface area (Å²) >= 11 is 0. The molecule has 4 nitrogen and oxygen atoms in total. The third-order valence-corrected chi connectivity index (χ3v) is 3.27. The zero-order valence-corrected chi connectivity index (χ0v) is 10.7. The molecule has 1 fully saturated rings. The van der Waals surface area contributed by atoms with E-state index in [4.69, 9.17) is 5.11 Å². The summed E-state index contributed by atoms with van der Waals surface area (Å²) in [5, 5.41) is 12.2. The van der Waals surface area contributed by atoms with Gasteiger partial charge < -0.3 is 15.3 Å². The number of aliphatic hydroxyl groups is 1. The molecular formula is C14H20N2O2. The van der Waals surface area contributed by atoms with Gasteiger partial charge in [0.05, 0.1) is 13.2 Å². The maximum absolute atomic E-state index is 11.8. The maximum atomic E-state index is 11.8. The topological polar surface area (TPSA) is 52.6 Å². The standard InChI is InChI=1S/C14H20N2O2/c1-16(13-5-6-13)14(18)9-15-8-11-3-2-4-12(7-11)10-17/h2-4,7,13,15,17H,5-6,8-10H2,1H3. The van der Waals surface area contributed by atoms with Crippen molar-refractivity contribution in [1.82, 2.24) is 10.2 Å². The molecule has 1 aromatic carbocycles. The highest BCUT2D eigenvalue weighted by molar-refractivity contribution is 5.78. The van der Waals surface area contributed by atoms with E-state index >= 15 is 0 Å². The maximum Gasteiger partial charge on any atom is 0.236 e. The Morgan fingerprint density at radius 3 is 2.83 bits per heavy atom. The first kappa shape index (κ1) is 13.1. The second-order valence-corrected chi connectivity index (χ2v) is 4.82. The van der Waals surface area contributed by atoms with Gasteiger partial charge >= 0.3 is 0 Å². The number of benzene rings is 1. The van der Waals surface area contributed by atoms with Crippen LogP contribution in [0.2, 0.25) is 0 Å². The van der Waals surface area contributed by atoms with E-state index in [1.165, 1.54) is 0 Å². The lowest BCUT2D eigenvalue weighted by molar-refractivity contribution is -0.129. The number of likely N-dealkylation sites (N-methyl/N-ethyl adjacent to an activating group) is 1. The van der Waals surface area contributed by atoms with E-state index in [-0.39, 0.29) is 12.5 Å². The smallest absolute Gasteiger partial charge is 0.236 e. The number of amides is 1. The van der Waals surface area contributed by atoms with Gasteiger partial charge in [-0.15, -0.1) is 0 Å². The summed E-state index contributed by atoms with van der Waals surface area (Å²) < 4.78 is 0. The minimum absolute atomic E-state index is 0.0528. The Morgan fingerprint density at radius 1 is 1.44 bits per heavy atom. The summed E-state index contributed by atoms with van der Waals surface area (Å²) in [6, 6.07) is 8.21. The summed E-state index contributed by atoms with van der Waals surface area (Å²) in [7, 11) is 1.87. The molecule has 2 N–H and O–H groups in total. The van der Waals surface area contributed by atoms with Crippen molar-refractivity contribution in [3.63, 3.8) is 0 Å². The van der Waals surface area contributed by atoms with Gasteiger partial charge in [0, 0.05) is 19.6 Å². The van der Waals surface area contributed by atoms with Gasteiger partial charge in [0.2, 0.25) is 5.91 Å². The number of hydrogen-bond acceptors (Lipinski definition) is 3. The van der Waals surface area contributed by atoms with Crippen LogP contribution in [0.15, 0.2) is 24.3 Å². The van der Waals surface area contributed by atoms with Crippen LogP contribution in [0.3, 0.4) is 0 Å². The quantitative estimate of drug-likeness (QED) is 0.786. The predicted molar refractivity (Wildman–Crippen MR) is 69.9 cm³/mol. The molecule has 98 valence electrons. The zero-order chi connectivity index (χ0) is 13.0. The minimum Gasteiger partial charge on any atom is -0.392 e. The highest BCUT2D eigenvalue weighted by Gasteiger charge is 2.28. The SMILES string of the molecule is CN(C(=O)CNCc1cccc(CO)c1)C1CC1. The van der Waals surface area contributed by atoms with Gasteiger partial charge in [0.1, 0.15) is 0 Å². The molecule has 0 saturated heterocycles. The van der Waals surface area contributed by atoms with Crippen molar-refractivity contribution in [2.75, 3.05) is 13.6 Å². The molecule has 0 atom stereocenters. The average molecular weight is 248 g/mol. The summed E-state index contributed by atoms with van der Waals surface area (Å²) in [4.78, 5) is 13.6. The molecule has 18 heavy (non-hydrogen) atoms. The van der Waals surface area contributed by atoms with Gasteiger partial charge in [-0.05, 0) is 24.0 Å². The molecule has 1 amide bonds. The number of aliphatic hydroxyl groups excluding tert-OH is 1. The lowest BCUT2D eigenvalue weighted by Crippen LogP contribution is -2.36. The third kappa shape index (κ3) is 3.55. The molecule has 0 bridgehead atoms. The van der Waals surface area contributed by atoms with Crippen molar-refractivity contribution in [2.24, 2.45) is 0 Å². The van der Waals surface area contributed by atoms with Crippen LogP contribution in [0.25, 0.3) is 0 Å². The number of rotatable bonds is 6. The molecule has 0 aliphatic heterocycles. The molecular weight excluding hydrogens is 228 g/mol. The van der Waals surface area contributed by atoms with Crippen molar-refractivity contribution in [3.8, 4) is 0 Å². The molecule has 1 saturated carbocycles.